The second-order valence-corrected chi connectivity index (χ2v) is 3.85. The molecule has 5 nitrogen and oxygen atoms in total. The molecule has 0 saturated carbocycles. The van der Waals surface area contributed by atoms with Crippen molar-refractivity contribution in [3.63, 3.8) is 0 Å². The molecular formula is C10H16N2O3. The normalized spacial score (nSPS) is 22.0. The van der Waals surface area contributed by atoms with E-state index in [4.69, 9.17) is 0 Å². The Bertz CT molecular complexity index is 288. The van der Waals surface area contributed by atoms with Gasteiger partial charge < -0.3 is 10.6 Å². The molecule has 2 unspecified atom stereocenters. The highest BCUT2D eigenvalue weighted by atomic mass is 16.2. The van der Waals surface area contributed by atoms with Gasteiger partial charge in [0.25, 0.3) is 0 Å². The summed E-state index contributed by atoms with van der Waals surface area (Å²) in [5, 5.41) is 5.14. The molecule has 1 rings (SSSR count). The fourth-order valence-electron chi connectivity index (χ4n) is 1.69. The topological polar surface area (TPSA) is 75.3 Å². The minimum atomic E-state index is -0.320. The smallest absolute Gasteiger partial charge is 0.223 e. The van der Waals surface area contributed by atoms with Crippen molar-refractivity contribution in [1.29, 1.82) is 0 Å². The fourth-order valence-corrected chi connectivity index (χ4v) is 1.69. The molecule has 5 heteroatoms. The van der Waals surface area contributed by atoms with Crippen LogP contribution in [0.1, 0.15) is 20.3 Å². The minimum Gasteiger partial charge on any atom is -0.356 e. The zero-order valence-corrected chi connectivity index (χ0v) is 9.00. The van der Waals surface area contributed by atoms with Gasteiger partial charge in [0.2, 0.25) is 11.8 Å². The average Bonchev–Trinajstić information content (AvgIpc) is 2.59. The number of Topliss-reactive ketones (excluding diaryl/α,β-unsaturated/α-hetero) is 1. The fraction of sp³-hybridized carbons (Fsp3) is 0.700. The van der Waals surface area contributed by atoms with E-state index in [-0.39, 0.29) is 36.0 Å². The van der Waals surface area contributed by atoms with Gasteiger partial charge in [0.15, 0.2) is 5.78 Å². The third kappa shape index (κ3) is 3.04. The number of carbonyl (C=O) groups is 3. The molecule has 2 amide bonds. The summed E-state index contributed by atoms with van der Waals surface area (Å²) in [4.78, 5) is 33.5. The first-order valence-corrected chi connectivity index (χ1v) is 5.07. The summed E-state index contributed by atoms with van der Waals surface area (Å²) < 4.78 is 0. The van der Waals surface area contributed by atoms with E-state index in [2.05, 4.69) is 10.6 Å². The van der Waals surface area contributed by atoms with Gasteiger partial charge in [0.05, 0.1) is 6.54 Å². The number of hydrogen-bond acceptors (Lipinski definition) is 3. The van der Waals surface area contributed by atoms with E-state index in [1.54, 1.807) is 6.92 Å². The number of nitrogens with one attached hydrogen (secondary N) is 2. The summed E-state index contributed by atoms with van der Waals surface area (Å²) in [6.45, 7) is 3.75. The van der Waals surface area contributed by atoms with E-state index in [1.807, 2.05) is 0 Å². The number of amides is 2. The van der Waals surface area contributed by atoms with Gasteiger partial charge in [0.1, 0.15) is 0 Å². The Kier molecular flexibility index (Phi) is 3.82. The molecule has 2 N–H and O–H groups in total. The molecule has 2 atom stereocenters. The molecule has 1 aliphatic rings. The van der Waals surface area contributed by atoms with Crippen molar-refractivity contribution in [2.24, 2.45) is 11.8 Å². The first-order chi connectivity index (χ1) is 7.02. The van der Waals surface area contributed by atoms with Crippen LogP contribution in [0.4, 0.5) is 0 Å². The average molecular weight is 212 g/mol. The van der Waals surface area contributed by atoms with E-state index >= 15 is 0 Å². The largest absolute Gasteiger partial charge is 0.356 e. The quantitative estimate of drug-likeness (QED) is 0.657. The van der Waals surface area contributed by atoms with Gasteiger partial charge in [-0.25, -0.2) is 0 Å². The molecule has 0 aliphatic carbocycles. The number of ketones is 1. The number of hydrogen-bond donors (Lipinski definition) is 2. The van der Waals surface area contributed by atoms with Gasteiger partial charge in [0, 0.05) is 25.3 Å². The lowest BCUT2D eigenvalue weighted by atomic mass is 9.89. The monoisotopic (exact) mass is 212 g/mol. The molecule has 0 radical (unpaired) electrons. The predicted molar refractivity (Wildman–Crippen MR) is 54.0 cm³/mol. The molecule has 84 valence electrons. The Morgan fingerprint density at radius 1 is 1.60 bits per heavy atom. The number of rotatable bonds is 4. The van der Waals surface area contributed by atoms with Gasteiger partial charge >= 0.3 is 0 Å². The summed E-state index contributed by atoms with van der Waals surface area (Å²) in [6, 6.07) is 0. The highest BCUT2D eigenvalue weighted by Gasteiger charge is 2.33. The van der Waals surface area contributed by atoms with Crippen molar-refractivity contribution >= 4 is 17.6 Å². The Hall–Kier alpha value is -1.39. The molecule has 15 heavy (non-hydrogen) atoms. The first-order valence-electron chi connectivity index (χ1n) is 5.07. The maximum absolute atomic E-state index is 11.6. The Balaban J connectivity index is 2.45. The molecule has 1 saturated heterocycles. The molecule has 0 spiro atoms. The molecule has 0 aromatic rings. The maximum Gasteiger partial charge on any atom is 0.223 e. The number of carbonyl (C=O) groups excluding carboxylic acids is 3. The lowest BCUT2D eigenvalue weighted by Crippen LogP contribution is -2.35. The van der Waals surface area contributed by atoms with Gasteiger partial charge in [-0.05, 0) is 6.42 Å². The second kappa shape index (κ2) is 4.91. The molecule has 0 bridgehead atoms. The van der Waals surface area contributed by atoms with E-state index in [9.17, 15) is 14.4 Å². The maximum atomic E-state index is 11.6. The van der Waals surface area contributed by atoms with Crippen molar-refractivity contribution in [3.8, 4) is 0 Å². The zero-order chi connectivity index (χ0) is 11.4. The van der Waals surface area contributed by atoms with Crippen LogP contribution >= 0.6 is 0 Å². The standard InChI is InChI=1S/C10H16N2O3/c1-6(8-3-4-11-10(8)15)9(14)5-12-7(2)13/h6,8H,3-5H2,1-2H3,(H,11,15)(H,12,13). The van der Waals surface area contributed by atoms with Crippen LogP contribution in [0.5, 0.6) is 0 Å². The van der Waals surface area contributed by atoms with Gasteiger partial charge in [-0.1, -0.05) is 6.92 Å². The van der Waals surface area contributed by atoms with Gasteiger partial charge in [-0.3, -0.25) is 14.4 Å². The summed E-state index contributed by atoms with van der Waals surface area (Å²) in [5.41, 5.74) is 0. The lowest BCUT2D eigenvalue weighted by Gasteiger charge is -2.15. The summed E-state index contributed by atoms with van der Waals surface area (Å²) in [7, 11) is 0. The second-order valence-electron chi connectivity index (χ2n) is 3.85. The Morgan fingerprint density at radius 3 is 2.73 bits per heavy atom. The predicted octanol–water partition coefficient (Wildman–Crippen LogP) is -0.536. The van der Waals surface area contributed by atoms with Crippen LogP contribution in [0.3, 0.4) is 0 Å². The highest BCUT2D eigenvalue weighted by molar-refractivity contribution is 5.92. The van der Waals surface area contributed by atoms with Crippen molar-refractivity contribution < 1.29 is 14.4 Å². The molecule has 1 aliphatic heterocycles. The lowest BCUT2D eigenvalue weighted by molar-refractivity contribution is -0.131. The van der Waals surface area contributed by atoms with Crippen molar-refractivity contribution in [1.82, 2.24) is 10.6 Å². The molecule has 1 fully saturated rings. The van der Waals surface area contributed by atoms with Crippen molar-refractivity contribution in [2.75, 3.05) is 13.1 Å². The van der Waals surface area contributed by atoms with Crippen LogP contribution < -0.4 is 10.6 Å². The Labute approximate surface area is 88.6 Å². The first kappa shape index (κ1) is 11.7. The molecular weight excluding hydrogens is 196 g/mol. The van der Waals surface area contributed by atoms with Crippen LogP contribution in [0.2, 0.25) is 0 Å². The van der Waals surface area contributed by atoms with Crippen LogP contribution in [0.25, 0.3) is 0 Å². The molecule has 0 aromatic heterocycles. The van der Waals surface area contributed by atoms with Crippen molar-refractivity contribution in [3.05, 3.63) is 0 Å². The van der Waals surface area contributed by atoms with Crippen LogP contribution in [-0.2, 0) is 14.4 Å². The summed E-state index contributed by atoms with van der Waals surface area (Å²) in [5.74, 6) is -0.928. The molecule has 0 aromatic carbocycles. The van der Waals surface area contributed by atoms with Crippen LogP contribution in [-0.4, -0.2) is 30.7 Å². The SMILES string of the molecule is CC(=O)NCC(=O)C(C)C1CCNC1=O. The van der Waals surface area contributed by atoms with Crippen LogP contribution in [0.15, 0.2) is 0 Å². The third-order valence-electron chi connectivity index (χ3n) is 2.71. The Morgan fingerprint density at radius 2 is 2.27 bits per heavy atom. The van der Waals surface area contributed by atoms with Crippen molar-refractivity contribution in [2.45, 2.75) is 20.3 Å². The van der Waals surface area contributed by atoms with E-state index in [1.165, 1.54) is 6.92 Å². The van der Waals surface area contributed by atoms with E-state index in [0.717, 1.165) is 0 Å². The van der Waals surface area contributed by atoms with Crippen LogP contribution in [0, 0.1) is 11.8 Å². The van der Waals surface area contributed by atoms with Gasteiger partial charge in [-0.2, -0.15) is 0 Å². The minimum absolute atomic E-state index is 0.0142. The summed E-state index contributed by atoms with van der Waals surface area (Å²) >= 11 is 0. The molecule has 1 heterocycles. The van der Waals surface area contributed by atoms with E-state index < -0.39 is 0 Å². The summed E-state index contributed by atoms with van der Waals surface area (Å²) in [6.07, 6.45) is 0.700. The zero-order valence-electron chi connectivity index (χ0n) is 9.00. The highest BCUT2D eigenvalue weighted by Crippen LogP contribution is 2.20. The van der Waals surface area contributed by atoms with Gasteiger partial charge in [-0.15, -0.1) is 0 Å². The van der Waals surface area contributed by atoms with E-state index in [0.29, 0.717) is 13.0 Å². The third-order valence-corrected chi connectivity index (χ3v) is 2.71.